The molecular weight excluding hydrogens is 280 g/mol. The number of anilines is 1. The maximum Gasteiger partial charge on any atom is 0.323 e. The van der Waals surface area contributed by atoms with E-state index in [1.807, 2.05) is 4.90 Å². The standard InChI is InChI=1S/C16H22N4O2/c1-10-9-20(13-7-3-2-5-11(10)13)16(22)19-14-8-4-6-12(18-14)15(17)21/h4,6,8,10-11,13H,2-3,5,7,9H2,1H3,(H2,17,21)(H,18,19,22)/t10-,11-,13-/m1/s1. The number of carbonyl (C=O) groups is 2. The van der Waals surface area contributed by atoms with Gasteiger partial charge in [-0.2, -0.15) is 0 Å². The van der Waals surface area contributed by atoms with Crippen LogP contribution in [0.25, 0.3) is 0 Å². The van der Waals surface area contributed by atoms with E-state index in [0.29, 0.717) is 23.7 Å². The summed E-state index contributed by atoms with van der Waals surface area (Å²) in [7, 11) is 0. The molecule has 1 aromatic heterocycles. The molecule has 0 spiro atoms. The normalized spacial score (nSPS) is 27.3. The summed E-state index contributed by atoms with van der Waals surface area (Å²) in [5, 5.41) is 2.80. The van der Waals surface area contributed by atoms with Gasteiger partial charge in [0.15, 0.2) is 0 Å². The quantitative estimate of drug-likeness (QED) is 0.878. The summed E-state index contributed by atoms with van der Waals surface area (Å²) in [4.78, 5) is 29.7. The van der Waals surface area contributed by atoms with Crippen LogP contribution < -0.4 is 11.1 Å². The topological polar surface area (TPSA) is 88.3 Å². The fraction of sp³-hybridized carbons (Fsp3) is 0.562. The molecular formula is C16H22N4O2. The number of amides is 3. The van der Waals surface area contributed by atoms with Crippen LogP contribution in [0.3, 0.4) is 0 Å². The molecule has 6 heteroatoms. The molecule has 3 rings (SSSR count). The predicted molar refractivity (Wildman–Crippen MR) is 83.4 cm³/mol. The van der Waals surface area contributed by atoms with Gasteiger partial charge in [-0.15, -0.1) is 0 Å². The second-order valence-electron chi connectivity index (χ2n) is 6.35. The number of pyridine rings is 1. The van der Waals surface area contributed by atoms with Gasteiger partial charge in [-0.1, -0.05) is 25.8 Å². The minimum absolute atomic E-state index is 0.129. The van der Waals surface area contributed by atoms with Crippen molar-refractivity contribution in [1.29, 1.82) is 0 Å². The van der Waals surface area contributed by atoms with Gasteiger partial charge in [0.2, 0.25) is 0 Å². The Hall–Kier alpha value is -2.11. The SMILES string of the molecule is C[C@@H]1CN(C(=O)Nc2cccc(C(N)=O)n2)[C@@H]2CCCC[C@H]12. The van der Waals surface area contributed by atoms with Crippen molar-refractivity contribution in [2.45, 2.75) is 38.6 Å². The van der Waals surface area contributed by atoms with Crippen LogP contribution in [-0.4, -0.2) is 34.4 Å². The fourth-order valence-corrected chi connectivity index (χ4v) is 3.83. The van der Waals surface area contributed by atoms with E-state index in [2.05, 4.69) is 17.2 Å². The summed E-state index contributed by atoms with van der Waals surface area (Å²) in [5.41, 5.74) is 5.37. The van der Waals surface area contributed by atoms with Crippen LogP contribution in [0.1, 0.15) is 43.1 Å². The number of urea groups is 1. The highest BCUT2D eigenvalue weighted by molar-refractivity contribution is 5.93. The van der Waals surface area contributed by atoms with Crippen molar-refractivity contribution in [1.82, 2.24) is 9.88 Å². The van der Waals surface area contributed by atoms with Crippen molar-refractivity contribution in [3.63, 3.8) is 0 Å². The summed E-state index contributed by atoms with van der Waals surface area (Å²) in [6.07, 6.45) is 4.75. The third-order valence-electron chi connectivity index (χ3n) is 4.89. The number of hydrogen-bond acceptors (Lipinski definition) is 3. The lowest BCUT2D eigenvalue weighted by Crippen LogP contribution is -2.41. The molecule has 1 saturated heterocycles. The Kier molecular flexibility index (Phi) is 4.00. The van der Waals surface area contributed by atoms with Gasteiger partial charge in [0.1, 0.15) is 11.5 Å². The Bertz CT molecular complexity index is 589. The molecule has 0 bridgehead atoms. The van der Waals surface area contributed by atoms with E-state index in [1.54, 1.807) is 12.1 Å². The average Bonchev–Trinajstić information content (AvgIpc) is 2.85. The Morgan fingerprint density at radius 3 is 2.86 bits per heavy atom. The van der Waals surface area contributed by atoms with Gasteiger partial charge in [0, 0.05) is 12.6 Å². The first-order chi connectivity index (χ1) is 10.6. The van der Waals surface area contributed by atoms with Gasteiger partial charge in [-0.3, -0.25) is 10.1 Å². The molecule has 2 aliphatic rings. The van der Waals surface area contributed by atoms with Crippen molar-refractivity contribution >= 4 is 17.8 Å². The molecule has 2 fully saturated rings. The van der Waals surface area contributed by atoms with Crippen LogP contribution in [0, 0.1) is 11.8 Å². The van der Waals surface area contributed by atoms with Crippen LogP contribution in [-0.2, 0) is 0 Å². The number of nitrogens with zero attached hydrogens (tertiary/aromatic N) is 2. The molecule has 3 N–H and O–H groups in total. The maximum atomic E-state index is 12.6. The second kappa shape index (κ2) is 5.94. The molecule has 2 heterocycles. The third kappa shape index (κ3) is 2.77. The summed E-state index contributed by atoms with van der Waals surface area (Å²) in [5.74, 6) is 0.928. The number of fused-ring (bicyclic) bond motifs is 1. The van der Waals surface area contributed by atoms with Gasteiger partial charge in [-0.25, -0.2) is 9.78 Å². The Balaban J connectivity index is 1.72. The number of primary amides is 1. The van der Waals surface area contributed by atoms with Crippen molar-refractivity contribution in [3.8, 4) is 0 Å². The Morgan fingerprint density at radius 2 is 2.09 bits per heavy atom. The zero-order valence-electron chi connectivity index (χ0n) is 12.8. The molecule has 6 nitrogen and oxygen atoms in total. The molecule has 3 atom stereocenters. The van der Waals surface area contributed by atoms with Crippen molar-refractivity contribution in [2.75, 3.05) is 11.9 Å². The number of rotatable bonds is 2. The number of hydrogen-bond donors (Lipinski definition) is 2. The van der Waals surface area contributed by atoms with E-state index in [4.69, 9.17) is 5.73 Å². The lowest BCUT2D eigenvalue weighted by atomic mass is 9.80. The van der Waals surface area contributed by atoms with Crippen molar-refractivity contribution in [3.05, 3.63) is 23.9 Å². The van der Waals surface area contributed by atoms with Crippen LogP contribution in [0.4, 0.5) is 10.6 Å². The second-order valence-corrected chi connectivity index (χ2v) is 6.35. The largest absolute Gasteiger partial charge is 0.364 e. The lowest BCUT2D eigenvalue weighted by Gasteiger charge is -2.32. The summed E-state index contributed by atoms with van der Waals surface area (Å²) < 4.78 is 0. The van der Waals surface area contributed by atoms with E-state index >= 15 is 0 Å². The molecule has 1 aliphatic heterocycles. The van der Waals surface area contributed by atoms with Gasteiger partial charge in [0.25, 0.3) is 5.91 Å². The molecule has 118 valence electrons. The summed E-state index contributed by atoms with van der Waals surface area (Å²) >= 11 is 0. The number of nitrogens with two attached hydrogens (primary N) is 1. The van der Waals surface area contributed by atoms with Crippen LogP contribution >= 0.6 is 0 Å². The molecule has 0 aromatic carbocycles. The molecule has 1 aliphatic carbocycles. The summed E-state index contributed by atoms with van der Waals surface area (Å²) in [6, 6.07) is 5.08. The number of carbonyl (C=O) groups excluding carboxylic acids is 2. The first kappa shape index (κ1) is 14.8. The van der Waals surface area contributed by atoms with Crippen molar-refractivity contribution in [2.24, 2.45) is 17.6 Å². The minimum Gasteiger partial charge on any atom is -0.364 e. The molecule has 0 radical (unpaired) electrons. The van der Waals surface area contributed by atoms with E-state index in [1.165, 1.54) is 25.3 Å². The molecule has 22 heavy (non-hydrogen) atoms. The Labute approximate surface area is 130 Å². The highest BCUT2D eigenvalue weighted by Gasteiger charge is 2.42. The van der Waals surface area contributed by atoms with Gasteiger partial charge in [-0.05, 0) is 36.8 Å². The van der Waals surface area contributed by atoms with Crippen LogP contribution in [0.5, 0.6) is 0 Å². The minimum atomic E-state index is -0.599. The first-order valence-electron chi connectivity index (χ1n) is 7.90. The van der Waals surface area contributed by atoms with E-state index in [9.17, 15) is 9.59 Å². The predicted octanol–water partition coefficient (Wildman–Crippen LogP) is 2.22. The smallest absolute Gasteiger partial charge is 0.323 e. The molecule has 0 unspecified atom stereocenters. The maximum absolute atomic E-state index is 12.6. The van der Waals surface area contributed by atoms with Gasteiger partial charge < -0.3 is 10.6 Å². The molecule has 3 amide bonds. The number of likely N-dealkylation sites (tertiary alicyclic amines) is 1. The van der Waals surface area contributed by atoms with Gasteiger partial charge >= 0.3 is 6.03 Å². The lowest BCUT2D eigenvalue weighted by molar-refractivity contribution is 0.0995. The third-order valence-corrected chi connectivity index (χ3v) is 4.89. The zero-order valence-corrected chi connectivity index (χ0v) is 12.8. The summed E-state index contributed by atoms with van der Waals surface area (Å²) in [6.45, 7) is 3.01. The zero-order chi connectivity index (χ0) is 15.7. The molecule has 1 aromatic rings. The van der Waals surface area contributed by atoms with Gasteiger partial charge in [0.05, 0.1) is 0 Å². The van der Waals surface area contributed by atoms with Crippen molar-refractivity contribution < 1.29 is 9.59 Å². The highest BCUT2D eigenvalue weighted by Crippen LogP contribution is 2.39. The monoisotopic (exact) mass is 302 g/mol. The first-order valence-corrected chi connectivity index (χ1v) is 7.90. The Morgan fingerprint density at radius 1 is 1.32 bits per heavy atom. The van der Waals surface area contributed by atoms with Crippen LogP contribution in [0.2, 0.25) is 0 Å². The number of aromatic nitrogens is 1. The van der Waals surface area contributed by atoms with Crippen LogP contribution in [0.15, 0.2) is 18.2 Å². The highest BCUT2D eigenvalue weighted by atomic mass is 16.2. The van der Waals surface area contributed by atoms with E-state index in [-0.39, 0.29) is 11.7 Å². The number of nitrogens with one attached hydrogen (secondary N) is 1. The molecule has 1 saturated carbocycles. The average molecular weight is 302 g/mol. The van der Waals surface area contributed by atoms with E-state index < -0.39 is 5.91 Å². The fourth-order valence-electron chi connectivity index (χ4n) is 3.83. The van der Waals surface area contributed by atoms with E-state index in [0.717, 1.165) is 13.0 Å².